The molecule has 0 unspecified atom stereocenters. The number of rotatable bonds is 8. The Labute approximate surface area is 171 Å². The van der Waals surface area contributed by atoms with Crippen molar-refractivity contribution in [2.45, 2.75) is 31.4 Å². The van der Waals surface area contributed by atoms with Crippen molar-refractivity contribution in [3.8, 4) is 5.75 Å². The lowest BCUT2D eigenvalue weighted by atomic mass is 9.96. The lowest BCUT2D eigenvalue weighted by Crippen LogP contribution is -2.42. The lowest BCUT2D eigenvalue weighted by Gasteiger charge is -2.30. The summed E-state index contributed by atoms with van der Waals surface area (Å²) in [4.78, 5) is 8.85. The normalized spacial score (nSPS) is 20.6. The third kappa shape index (κ3) is 5.99. The van der Waals surface area contributed by atoms with E-state index >= 15 is 0 Å². The maximum absolute atomic E-state index is 10.3. The number of nitrogens with zero attached hydrogens (tertiary/aromatic N) is 4. The van der Waals surface area contributed by atoms with Crippen LogP contribution in [-0.2, 0) is 11.3 Å². The minimum absolute atomic E-state index is 0.302. The van der Waals surface area contributed by atoms with E-state index in [1.165, 1.54) is 12.0 Å². The molecule has 158 valence electrons. The number of aliphatic hydroxyl groups excluding tert-OH is 1. The van der Waals surface area contributed by atoms with Gasteiger partial charge >= 0.3 is 0 Å². The molecule has 4 rings (SSSR count). The summed E-state index contributed by atoms with van der Waals surface area (Å²) in [5, 5.41) is 14.2. The highest BCUT2D eigenvalue weighted by Crippen LogP contribution is 2.26. The summed E-state index contributed by atoms with van der Waals surface area (Å²) in [7, 11) is 0. The van der Waals surface area contributed by atoms with Crippen LogP contribution in [0.2, 0.25) is 0 Å². The van der Waals surface area contributed by atoms with E-state index in [1.807, 2.05) is 12.1 Å². The second-order valence-electron chi connectivity index (χ2n) is 7.87. The van der Waals surface area contributed by atoms with Crippen LogP contribution in [0.4, 0.5) is 0 Å². The fraction of sp³-hybridized carbons (Fsp3) is 0.619. The SMILES string of the molecule is O[C@H](COc1cccc(CN2CCC(c3ncon3)CC2)c1)CN1CCOCC1. The molecule has 1 aromatic carbocycles. The van der Waals surface area contributed by atoms with Crippen LogP contribution in [-0.4, -0.2) is 83.7 Å². The summed E-state index contributed by atoms with van der Waals surface area (Å²) in [6, 6.07) is 8.17. The van der Waals surface area contributed by atoms with Crippen LogP contribution in [0.5, 0.6) is 5.75 Å². The zero-order chi connectivity index (χ0) is 19.9. The second-order valence-corrected chi connectivity index (χ2v) is 7.87. The number of aromatic nitrogens is 2. The van der Waals surface area contributed by atoms with Crippen molar-refractivity contribution >= 4 is 0 Å². The average molecular weight is 402 g/mol. The van der Waals surface area contributed by atoms with Gasteiger partial charge in [0.1, 0.15) is 18.5 Å². The average Bonchev–Trinajstić information content (AvgIpc) is 3.29. The van der Waals surface area contributed by atoms with Gasteiger partial charge in [-0.15, -0.1) is 0 Å². The van der Waals surface area contributed by atoms with Crippen LogP contribution in [0, 0.1) is 0 Å². The van der Waals surface area contributed by atoms with Crippen molar-refractivity contribution in [1.82, 2.24) is 19.9 Å². The highest BCUT2D eigenvalue weighted by molar-refractivity contribution is 5.28. The van der Waals surface area contributed by atoms with E-state index < -0.39 is 6.10 Å². The van der Waals surface area contributed by atoms with Gasteiger partial charge in [0.25, 0.3) is 0 Å². The Morgan fingerprint density at radius 3 is 2.72 bits per heavy atom. The van der Waals surface area contributed by atoms with Crippen LogP contribution in [0.15, 0.2) is 35.2 Å². The zero-order valence-electron chi connectivity index (χ0n) is 16.8. The first-order valence-corrected chi connectivity index (χ1v) is 10.4. The molecule has 0 aliphatic carbocycles. The highest BCUT2D eigenvalue weighted by Gasteiger charge is 2.23. The number of morpholine rings is 1. The van der Waals surface area contributed by atoms with Crippen LogP contribution < -0.4 is 4.74 Å². The Morgan fingerprint density at radius 2 is 1.97 bits per heavy atom. The number of β-amino-alcohol motifs (C(OH)–C–C–N with tert-alkyl or cyclic N) is 1. The van der Waals surface area contributed by atoms with Crippen molar-refractivity contribution < 1.29 is 19.1 Å². The third-order valence-electron chi connectivity index (χ3n) is 5.65. The predicted octanol–water partition coefficient (Wildman–Crippen LogP) is 1.52. The van der Waals surface area contributed by atoms with Crippen LogP contribution in [0.1, 0.15) is 30.1 Å². The molecule has 2 fully saturated rings. The third-order valence-corrected chi connectivity index (χ3v) is 5.65. The molecule has 0 bridgehead atoms. The summed E-state index contributed by atoms with van der Waals surface area (Å²) in [6.07, 6.45) is 3.00. The smallest absolute Gasteiger partial charge is 0.213 e. The number of benzene rings is 1. The fourth-order valence-electron chi connectivity index (χ4n) is 4.03. The van der Waals surface area contributed by atoms with E-state index in [0.29, 0.717) is 19.1 Å². The Kier molecular flexibility index (Phi) is 7.10. The summed E-state index contributed by atoms with van der Waals surface area (Å²) in [5.41, 5.74) is 1.23. The van der Waals surface area contributed by atoms with Gasteiger partial charge in [-0.3, -0.25) is 9.80 Å². The molecule has 0 spiro atoms. The van der Waals surface area contributed by atoms with Gasteiger partial charge in [-0.25, -0.2) is 0 Å². The molecule has 8 nitrogen and oxygen atoms in total. The van der Waals surface area contributed by atoms with E-state index in [9.17, 15) is 5.11 Å². The molecule has 0 saturated carbocycles. The molecule has 1 atom stereocenters. The van der Waals surface area contributed by atoms with Gasteiger partial charge in [-0.2, -0.15) is 4.98 Å². The van der Waals surface area contributed by atoms with Crippen molar-refractivity contribution in [1.29, 1.82) is 0 Å². The quantitative estimate of drug-likeness (QED) is 0.712. The van der Waals surface area contributed by atoms with Crippen molar-refractivity contribution in [2.75, 3.05) is 52.5 Å². The van der Waals surface area contributed by atoms with Gasteiger partial charge in [-0.1, -0.05) is 17.3 Å². The van der Waals surface area contributed by atoms with Crippen molar-refractivity contribution in [2.24, 2.45) is 0 Å². The van der Waals surface area contributed by atoms with Crippen LogP contribution in [0.3, 0.4) is 0 Å². The van der Waals surface area contributed by atoms with Crippen molar-refractivity contribution in [3.63, 3.8) is 0 Å². The first kappa shape index (κ1) is 20.3. The lowest BCUT2D eigenvalue weighted by molar-refractivity contribution is 0.00464. The number of hydrogen-bond acceptors (Lipinski definition) is 8. The second kappa shape index (κ2) is 10.2. The summed E-state index contributed by atoms with van der Waals surface area (Å²) in [5.74, 6) is 2.04. The molecular weight excluding hydrogens is 372 g/mol. The van der Waals surface area contributed by atoms with Gasteiger partial charge in [0, 0.05) is 32.1 Å². The first-order chi connectivity index (χ1) is 14.3. The summed E-state index contributed by atoms with van der Waals surface area (Å²) >= 11 is 0. The highest BCUT2D eigenvalue weighted by atomic mass is 16.5. The number of likely N-dealkylation sites (tertiary alicyclic amines) is 1. The Balaban J connectivity index is 1.21. The minimum Gasteiger partial charge on any atom is -0.491 e. The van der Waals surface area contributed by atoms with Crippen LogP contribution >= 0.6 is 0 Å². The Hall–Kier alpha value is -2.00. The maximum Gasteiger partial charge on any atom is 0.213 e. The zero-order valence-corrected chi connectivity index (χ0v) is 16.8. The van der Waals surface area contributed by atoms with E-state index in [0.717, 1.165) is 70.4 Å². The molecule has 29 heavy (non-hydrogen) atoms. The molecule has 2 saturated heterocycles. The number of aliphatic hydroxyl groups is 1. The van der Waals surface area contributed by atoms with Crippen LogP contribution in [0.25, 0.3) is 0 Å². The topological polar surface area (TPSA) is 84.1 Å². The fourth-order valence-corrected chi connectivity index (χ4v) is 4.03. The molecule has 2 aromatic rings. The standard InChI is InChI=1S/C21H30N4O4/c26-19(14-25-8-10-27-11-9-25)15-28-20-3-1-2-17(12-20)13-24-6-4-18(5-7-24)21-22-16-29-23-21/h1-3,12,16,18-19,26H,4-11,13-15H2/t19-/m0/s1. The molecule has 2 aliphatic heterocycles. The Bertz CT molecular complexity index is 728. The molecular formula is C21H30N4O4. The van der Waals surface area contributed by atoms with E-state index in [-0.39, 0.29) is 0 Å². The monoisotopic (exact) mass is 402 g/mol. The van der Waals surface area contributed by atoms with Gasteiger partial charge in [0.2, 0.25) is 6.39 Å². The first-order valence-electron chi connectivity index (χ1n) is 10.4. The molecule has 1 aromatic heterocycles. The van der Waals surface area contributed by atoms with E-state index in [4.69, 9.17) is 14.0 Å². The molecule has 0 amide bonds. The van der Waals surface area contributed by atoms with Crippen molar-refractivity contribution in [3.05, 3.63) is 42.0 Å². The number of ether oxygens (including phenoxy) is 2. The maximum atomic E-state index is 10.3. The molecule has 8 heteroatoms. The van der Waals surface area contributed by atoms with Gasteiger partial charge in [-0.05, 0) is 43.6 Å². The van der Waals surface area contributed by atoms with E-state index in [1.54, 1.807) is 0 Å². The minimum atomic E-state index is -0.499. The molecule has 1 N–H and O–H groups in total. The predicted molar refractivity (Wildman–Crippen MR) is 107 cm³/mol. The number of piperidine rings is 1. The largest absolute Gasteiger partial charge is 0.491 e. The van der Waals surface area contributed by atoms with Gasteiger partial charge in [0.05, 0.1) is 13.2 Å². The summed E-state index contributed by atoms with van der Waals surface area (Å²) < 4.78 is 16.1. The van der Waals surface area contributed by atoms with Gasteiger partial charge < -0.3 is 19.1 Å². The molecule has 2 aliphatic rings. The number of hydrogen-bond donors (Lipinski definition) is 1. The molecule has 3 heterocycles. The van der Waals surface area contributed by atoms with Gasteiger partial charge in [0.15, 0.2) is 5.82 Å². The molecule has 0 radical (unpaired) electrons. The van der Waals surface area contributed by atoms with E-state index in [2.05, 4.69) is 32.1 Å². The Morgan fingerprint density at radius 1 is 1.14 bits per heavy atom. The summed E-state index contributed by atoms with van der Waals surface area (Å²) in [6.45, 7) is 7.07.